The van der Waals surface area contributed by atoms with Gasteiger partial charge in [0.05, 0.1) is 5.92 Å². The first-order valence-electron chi connectivity index (χ1n) is 8.00. The van der Waals surface area contributed by atoms with Crippen molar-refractivity contribution < 1.29 is 19.1 Å². The number of carbonyl (C=O) groups is 2. The summed E-state index contributed by atoms with van der Waals surface area (Å²) < 4.78 is 11.1. The van der Waals surface area contributed by atoms with E-state index in [4.69, 9.17) is 15.2 Å². The van der Waals surface area contributed by atoms with Crippen molar-refractivity contribution in [3.8, 4) is 17.4 Å². The molecule has 0 saturated carbocycles. The van der Waals surface area contributed by atoms with Gasteiger partial charge in [0.15, 0.2) is 6.61 Å². The molecule has 0 radical (unpaired) electrons. The van der Waals surface area contributed by atoms with Crippen LogP contribution in [0.3, 0.4) is 0 Å². The molecule has 7 nitrogen and oxygen atoms in total. The SMILES string of the molecule is NC(=O)C1CCN(C(=O)COc2ccc(Oc3ccccn3)cc2)C1. The maximum absolute atomic E-state index is 12.1. The summed E-state index contributed by atoms with van der Waals surface area (Å²) >= 11 is 0. The molecule has 1 aliphatic heterocycles. The Morgan fingerprint density at radius 3 is 2.56 bits per heavy atom. The van der Waals surface area contributed by atoms with Crippen LogP contribution in [0.5, 0.6) is 17.4 Å². The van der Waals surface area contributed by atoms with Crippen molar-refractivity contribution in [2.24, 2.45) is 11.7 Å². The molecule has 0 aliphatic carbocycles. The van der Waals surface area contributed by atoms with Crippen molar-refractivity contribution in [3.63, 3.8) is 0 Å². The van der Waals surface area contributed by atoms with Gasteiger partial charge in [-0.15, -0.1) is 0 Å². The van der Waals surface area contributed by atoms with Crippen molar-refractivity contribution in [1.82, 2.24) is 9.88 Å². The topological polar surface area (TPSA) is 94.8 Å². The van der Waals surface area contributed by atoms with Crippen LogP contribution in [0.4, 0.5) is 0 Å². The standard InChI is InChI=1S/C18H19N3O4/c19-18(23)13-8-10-21(11-13)17(22)12-24-14-4-6-15(7-5-14)25-16-3-1-2-9-20-16/h1-7,9,13H,8,10-12H2,(H2,19,23). The van der Waals surface area contributed by atoms with Crippen LogP contribution in [0.1, 0.15) is 6.42 Å². The minimum absolute atomic E-state index is 0.0775. The average molecular weight is 341 g/mol. The molecule has 1 saturated heterocycles. The van der Waals surface area contributed by atoms with E-state index in [2.05, 4.69) is 4.98 Å². The number of primary amides is 1. The number of carbonyl (C=O) groups excluding carboxylic acids is 2. The highest BCUT2D eigenvalue weighted by atomic mass is 16.5. The number of hydrogen-bond acceptors (Lipinski definition) is 5. The highest BCUT2D eigenvalue weighted by Gasteiger charge is 2.29. The van der Waals surface area contributed by atoms with E-state index in [-0.39, 0.29) is 24.3 Å². The quantitative estimate of drug-likeness (QED) is 0.861. The highest BCUT2D eigenvalue weighted by Crippen LogP contribution is 2.22. The van der Waals surface area contributed by atoms with Gasteiger partial charge in [0, 0.05) is 25.4 Å². The molecule has 1 aliphatic rings. The van der Waals surface area contributed by atoms with Gasteiger partial charge < -0.3 is 20.1 Å². The summed E-state index contributed by atoms with van der Waals surface area (Å²) in [4.78, 5) is 28.9. The smallest absolute Gasteiger partial charge is 0.260 e. The summed E-state index contributed by atoms with van der Waals surface area (Å²) in [6.45, 7) is 0.826. The summed E-state index contributed by atoms with van der Waals surface area (Å²) in [7, 11) is 0. The molecule has 1 fully saturated rings. The zero-order valence-corrected chi connectivity index (χ0v) is 13.6. The summed E-state index contributed by atoms with van der Waals surface area (Å²) in [6, 6.07) is 12.3. The Morgan fingerprint density at radius 2 is 1.92 bits per heavy atom. The molecule has 0 spiro atoms. The Balaban J connectivity index is 1.49. The van der Waals surface area contributed by atoms with Gasteiger partial charge in [-0.3, -0.25) is 9.59 Å². The predicted molar refractivity (Wildman–Crippen MR) is 90.1 cm³/mol. The lowest BCUT2D eigenvalue weighted by Gasteiger charge is -2.16. The Morgan fingerprint density at radius 1 is 1.16 bits per heavy atom. The molecule has 1 aromatic carbocycles. The number of aromatic nitrogens is 1. The monoisotopic (exact) mass is 341 g/mol. The van der Waals surface area contributed by atoms with Gasteiger partial charge in [-0.2, -0.15) is 0 Å². The number of pyridine rings is 1. The summed E-state index contributed by atoms with van der Waals surface area (Å²) in [5.41, 5.74) is 5.27. The largest absolute Gasteiger partial charge is 0.484 e. The third kappa shape index (κ3) is 4.47. The molecule has 25 heavy (non-hydrogen) atoms. The van der Waals surface area contributed by atoms with Crippen LogP contribution in [0.2, 0.25) is 0 Å². The maximum atomic E-state index is 12.1. The third-order valence-corrected chi connectivity index (χ3v) is 3.99. The second kappa shape index (κ2) is 7.65. The second-order valence-corrected chi connectivity index (χ2v) is 5.76. The van der Waals surface area contributed by atoms with E-state index in [1.807, 2.05) is 12.1 Å². The molecule has 1 aromatic heterocycles. The lowest BCUT2D eigenvalue weighted by molar-refractivity contribution is -0.132. The van der Waals surface area contributed by atoms with Gasteiger partial charge >= 0.3 is 0 Å². The molecule has 130 valence electrons. The van der Waals surface area contributed by atoms with Crippen LogP contribution >= 0.6 is 0 Å². The molecule has 2 aromatic rings. The van der Waals surface area contributed by atoms with E-state index in [1.54, 1.807) is 41.4 Å². The number of benzene rings is 1. The van der Waals surface area contributed by atoms with Crippen LogP contribution in [0.25, 0.3) is 0 Å². The van der Waals surface area contributed by atoms with Crippen molar-refractivity contribution in [3.05, 3.63) is 48.7 Å². The molecule has 2 heterocycles. The minimum atomic E-state index is -0.361. The zero-order valence-electron chi connectivity index (χ0n) is 13.6. The molecule has 1 atom stereocenters. The van der Waals surface area contributed by atoms with Crippen LogP contribution in [0.15, 0.2) is 48.7 Å². The molecular formula is C18H19N3O4. The van der Waals surface area contributed by atoms with Crippen molar-refractivity contribution >= 4 is 11.8 Å². The van der Waals surface area contributed by atoms with Gasteiger partial charge in [-0.25, -0.2) is 4.98 Å². The molecule has 2 amide bonds. The van der Waals surface area contributed by atoms with E-state index in [0.29, 0.717) is 36.9 Å². The van der Waals surface area contributed by atoms with Gasteiger partial charge in [-0.1, -0.05) is 6.07 Å². The van der Waals surface area contributed by atoms with E-state index < -0.39 is 0 Å². The van der Waals surface area contributed by atoms with Crippen LogP contribution < -0.4 is 15.2 Å². The average Bonchev–Trinajstić information content (AvgIpc) is 3.12. The number of hydrogen-bond donors (Lipinski definition) is 1. The molecule has 1 unspecified atom stereocenters. The zero-order chi connectivity index (χ0) is 17.6. The Hall–Kier alpha value is -3.09. The Labute approximate surface area is 145 Å². The first-order chi connectivity index (χ1) is 12.1. The first-order valence-corrected chi connectivity index (χ1v) is 8.00. The number of likely N-dealkylation sites (tertiary alicyclic amines) is 1. The number of rotatable bonds is 6. The van der Waals surface area contributed by atoms with E-state index >= 15 is 0 Å². The normalized spacial score (nSPS) is 16.5. The molecule has 7 heteroatoms. The summed E-state index contributed by atoms with van der Waals surface area (Å²) in [5.74, 6) is 0.919. The van der Waals surface area contributed by atoms with Gasteiger partial charge in [0.2, 0.25) is 11.8 Å². The second-order valence-electron chi connectivity index (χ2n) is 5.76. The highest BCUT2D eigenvalue weighted by molar-refractivity contribution is 5.81. The number of nitrogens with zero attached hydrogens (tertiary/aromatic N) is 2. The van der Waals surface area contributed by atoms with Crippen molar-refractivity contribution in [2.45, 2.75) is 6.42 Å². The fraction of sp³-hybridized carbons (Fsp3) is 0.278. The first kappa shape index (κ1) is 16.8. The Kier molecular flexibility index (Phi) is 5.13. The molecule has 2 N–H and O–H groups in total. The van der Waals surface area contributed by atoms with E-state index in [0.717, 1.165) is 0 Å². The maximum Gasteiger partial charge on any atom is 0.260 e. The number of nitrogens with two attached hydrogens (primary N) is 1. The van der Waals surface area contributed by atoms with Crippen LogP contribution in [-0.2, 0) is 9.59 Å². The Bertz CT molecular complexity index is 734. The van der Waals surface area contributed by atoms with Gasteiger partial charge in [0.1, 0.15) is 11.5 Å². The summed E-state index contributed by atoms with van der Waals surface area (Å²) in [6.07, 6.45) is 2.26. The predicted octanol–water partition coefficient (Wildman–Crippen LogP) is 1.59. The lowest BCUT2D eigenvalue weighted by atomic mass is 10.1. The van der Waals surface area contributed by atoms with E-state index in [9.17, 15) is 9.59 Å². The van der Waals surface area contributed by atoms with Gasteiger partial charge in [0.25, 0.3) is 5.91 Å². The van der Waals surface area contributed by atoms with Crippen LogP contribution in [0, 0.1) is 5.92 Å². The number of ether oxygens (including phenoxy) is 2. The third-order valence-electron chi connectivity index (χ3n) is 3.99. The molecular weight excluding hydrogens is 322 g/mol. The fourth-order valence-electron chi connectivity index (χ4n) is 2.59. The van der Waals surface area contributed by atoms with Crippen molar-refractivity contribution in [2.75, 3.05) is 19.7 Å². The fourth-order valence-corrected chi connectivity index (χ4v) is 2.59. The molecule has 3 rings (SSSR count). The number of amides is 2. The van der Waals surface area contributed by atoms with Crippen LogP contribution in [-0.4, -0.2) is 41.4 Å². The van der Waals surface area contributed by atoms with Crippen molar-refractivity contribution in [1.29, 1.82) is 0 Å². The van der Waals surface area contributed by atoms with E-state index in [1.165, 1.54) is 0 Å². The molecule has 0 bridgehead atoms. The lowest BCUT2D eigenvalue weighted by Crippen LogP contribution is -2.34. The summed E-state index contributed by atoms with van der Waals surface area (Å²) in [5, 5.41) is 0. The van der Waals surface area contributed by atoms with Gasteiger partial charge in [-0.05, 0) is 36.8 Å². The minimum Gasteiger partial charge on any atom is -0.484 e.